The Labute approximate surface area is 283 Å². The molecule has 0 saturated heterocycles. The largest absolute Gasteiger partial charge is 0.454 e. The predicted molar refractivity (Wildman–Crippen MR) is 180 cm³/mol. The number of aromatic nitrogens is 5. The van der Waals surface area contributed by atoms with Gasteiger partial charge in [-0.05, 0) is 88.4 Å². The standard InChI is InChI=1S/C35H29ClF2N6O5/c1-5-42-28-16-26(21-18-40-43(19-21)34(47)49-35(2,3)4)30(14-20(28)17-39-42)48-29-12-8-23(15-27(29)38)41-32(45)25-11-13-31(36)44(33(25)46)24-9-6-22(37)7-10-24/h6-19H,5H2,1-4H3,(H,41,45). The molecular formula is C35H29ClF2N6O5. The molecule has 14 heteroatoms. The zero-order chi connectivity index (χ0) is 35.0. The maximum atomic E-state index is 15.5. The van der Waals surface area contributed by atoms with Gasteiger partial charge in [0.2, 0.25) is 0 Å². The lowest BCUT2D eigenvalue weighted by Crippen LogP contribution is -2.28. The van der Waals surface area contributed by atoms with E-state index < -0.39 is 34.8 Å². The molecule has 6 aromatic rings. The van der Waals surface area contributed by atoms with Gasteiger partial charge >= 0.3 is 6.09 Å². The summed E-state index contributed by atoms with van der Waals surface area (Å²) in [5.74, 6) is -2.03. The molecule has 0 fully saturated rings. The molecule has 49 heavy (non-hydrogen) atoms. The highest BCUT2D eigenvalue weighted by molar-refractivity contribution is 6.30. The van der Waals surface area contributed by atoms with Gasteiger partial charge in [0, 0.05) is 41.0 Å². The second kappa shape index (κ2) is 13.0. The predicted octanol–water partition coefficient (Wildman–Crippen LogP) is 7.83. The van der Waals surface area contributed by atoms with Crippen molar-refractivity contribution in [2.45, 2.75) is 39.8 Å². The first-order valence-electron chi connectivity index (χ1n) is 15.1. The summed E-state index contributed by atoms with van der Waals surface area (Å²) in [6.07, 6.45) is 3.96. The topological polar surface area (TPSA) is 122 Å². The third-order valence-electron chi connectivity index (χ3n) is 7.29. The Balaban J connectivity index is 1.28. The fraction of sp³-hybridized carbons (Fsp3) is 0.171. The van der Waals surface area contributed by atoms with Gasteiger partial charge in [0.05, 0.1) is 23.6 Å². The third-order valence-corrected chi connectivity index (χ3v) is 7.59. The highest BCUT2D eigenvalue weighted by atomic mass is 35.5. The van der Waals surface area contributed by atoms with Crippen molar-refractivity contribution in [3.63, 3.8) is 0 Å². The van der Waals surface area contributed by atoms with Crippen molar-refractivity contribution >= 4 is 40.2 Å². The van der Waals surface area contributed by atoms with Crippen LogP contribution in [0.25, 0.3) is 27.7 Å². The lowest BCUT2D eigenvalue weighted by atomic mass is 10.1. The van der Waals surface area contributed by atoms with Gasteiger partial charge in [-0.15, -0.1) is 0 Å². The second-order valence-electron chi connectivity index (χ2n) is 11.9. The SMILES string of the molecule is CCn1ncc2cc(Oc3ccc(NC(=O)c4ccc(Cl)n(-c5ccc(F)cc5)c4=O)cc3F)c(-c3cnn(C(=O)OC(C)(C)C)c3)cc21. The smallest absolute Gasteiger partial charge is 0.435 e. The molecule has 0 saturated carbocycles. The molecule has 0 radical (unpaired) electrons. The van der Waals surface area contributed by atoms with Crippen LogP contribution in [0.2, 0.25) is 5.15 Å². The van der Waals surface area contributed by atoms with Crippen molar-refractivity contribution in [1.82, 2.24) is 24.1 Å². The molecule has 3 aromatic heterocycles. The van der Waals surface area contributed by atoms with Crippen LogP contribution in [0.3, 0.4) is 0 Å². The van der Waals surface area contributed by atoms with Crippen molar-refractivity contribution in [3.05, 3.63) is 118 Å². The molecule has 0 atom stereocenters. The van der Waals surface area contributed by atoms with E-state index in [-0.39, 0.29) is 33.6 Å². The van der Waals surface area contributed by atoms with E-state index in [4.69, 9.17) is 21.1 Å². The van der Waals surface area contributed by atoms with E-state index in [1.165, 1.54) is 48.8 Å². The number of amides is 1. The van der Waals surface area contributed by atoms with E-state index in [1.807, 2.05) is 13.0 Å². The molecule has 6 rings (SSSR count). The van der Waals surface area contributed by atoms with Crippen molar-refractivity contribution in [3.8, 4) is 28.3 Å². The summed E-state index contributed by atoms with van der Waals surface area (Å²) in [6, 6.07) is 14.9. The highest BCUT2D eigenvalue weighted by Gasteiger charge is 2.22. The summed E-state index contributed by atoms with van der Waals surface area (Å²) < 4.78 is 44.4. The molecule has 0 unspecified atom stereocenters. The number of aryl methyl sites for hydroxylation is 1. The number of carbonyl (C=O) groups is 2. The Kier molecular flexibility index (Phi) is 8.78. The summed E-state index contributed by atoms with van der Waals surface area (Å²) in [6.45, 7) is 7.78. The minimum absolute atomic E-state index is 0.0116. The summed E-state index contributed by atoms with van der Waals surface area (Å²) in [5, 5.41) is 11.8. The van der Waals surface area contributed by atoms with Crippen LogP contribution in [0, 0.1) is 11.6 Å². The maximum absolute atomic E-state index is 15.5. The third kappa shape index (κ3) is 6.92. The zero-order valence-corrected chi connectivity index (χ0v) is 27.5. The van der Waals surface area contributed by atoms with Gasteiger partial charge in [0.15, 0.2) is 11.6 Å². The van der Waals surface area contributed by atoms with E-state index in [1.54, 1.807) is 37.7 Å². The van der Waals surface area contributed by atoms with Crippen LogP contribution in [0.5, 0.6) is 11.5 Å². The monoisotopic (exact) mass is 686 g/mol. The van der Waals surface area contributed by atoms with Gasteiger partial charge in [-0.25, -0.2) is 13.6 Å². The maximum Gasteiger partial charge on any atom is 0.435 e. The normalized spacial score (nSPS) is 11.5. The molecule has 0 spiro atoms. The van der Waals surface area contributed by atoms with E-state index >= 15 is 4.39 Å². The Hall–Kier alpha value is -5.82. The number of rotatable bonds is 7. The molecular weight excluding hydrogens is 658 g/mol. The number of benzene rings is 3. The quantitative estimate of drug-likeness (QED) is 0.170. The minimum Gasteiger partial charge on any atom is -0.454 e. The van der Waals surface area contributed by atoms with Crippen LogP contribution < -0.4 is 15.6 Å². The fourth-order valence-corrected chi connectivity index (χ4v) is 5.27. The number of halogens is 3. The Morgan fingerprint density at radius 1 is 0.939 bits per heavy atom. The first-order chi connectivity index (χ1) is 23.3. The zero-order valence-electron chi connectivity index (χ0n) is 26.7. The van der Waals surface area contributed by atoms with Crippen LogP contribution in [0.15, 0.2) is 90.1 Å². The first-order valence-corrected chi connectivity index (χ1v) is 15.4. The van der Waals surface area contributed by atoms with Gasteiger partial charge in [-0.2, -0.15) is 14.9 Å². The van der Waals surface area contributed by atoms with E-state index in [9.17, 15) is 18.8 Å². The number of pyridine rings is 1. The Bertz CT molecular complexity index is 2290. The summed E-state index contributed by atoms with van der Waals surface area (Å²) in [7, 11) is 0. The highest BCUT2D eigenvalue weighted by Crippen LogP contribution is 2.38. The molecule has 0 aliphatic heterocycles. The minimum atomic E-state index is -0.812. The van der Waals surface area contributed by atoms with Gasteiger partial charge < -0.3 is 14.8 Å². The van der Waals surface area contributed by atoms with Gasteiger partial charge in [-0.1, -0.05) is 11.6 Å². The van der Waals surface area contributed by atoms with Crippen molar-refractivity contribution in [2.24, 2.45) is 0 Å². The molecule has 0 aliphatic carbocycles. The molecule has 3 aromatic carbocycles. The van der Waals surface area contributed by atoms with Gasteiger partial charge in [0.1, 0.15) is 27.9 Å². The van der Waals surface area contributed by atoms with Crippen LogP contribution in [-0.4, -0.2) is 41.7 Å². The first kappa shape index (κ1) is 33.1. The lowest BCUT2D eigenvalue weighted by Gasteiger charge is -2.18. The molecule has 1 amide bonds. The van der Waals surface area contributed by atoms with Crippen LogP contribution in [0.1, 0.15) is 38.1 Å². The van der Waals surface area contributed by atoms with Gasteiger partial charge in [0.25, 0.3) is 11.5 Å². The number of ether oxygens (including phenoxy) is 2. The number of hydrogen-bond acceptors (Lipinski definition) is 7. The molecule has 3 heterocycles. The van der Waals surface area contributed by atoms with Gasteiger partial charge in [-0.3, -0.25) is 18.8 Å². The Morgan fingerprint density at radius 3 is 2.39 bits per heavy atom. The number of carbonyl (C=O) groups excluding carboxylic acids is 2. The molecule has 250 valence electrons. The number of nitrogens with one attached hydrogen (secondary N) is 1. The average molecular weight is 687 g/mol. The fourth-order valence-electron chi connectivity index (χ4n) is 5.03. The van der Waals surface area contributed by atoms with Crippen molar-refractivity contribution in [2.75, 3.05) is 5.32 Å². The summed E-state index contributed by atoms with van der Waals surface area (Å²) in [4.78, 5) is 38.9. The van der Waals surface area contributed by atoms with Crippen molar-refractivity contribution < 1.29 is 27.8 Å². The number of fused-ring (bicyclic) bond motifs is 1. The van der Waals surface area contributed by atoms with E-state index in [0.717, 1.165) is 38.4 Å². The molecule has 0 bridgehead atoms. The van der Waals surface area contributed by atoms with Crippen LogP contribution >= 0.6 is 11.6 Å². The second-order valence-corrected chi connectivity index (χ2v) is 12.3. The Morgan fingerprint density at radius 2 is 1.69 bits per heavy atom. The number of anilines is 1. The van der Waals surface area contributed by atoms with E-state index in [2.05, 4.69) is 15.5 Å². The van der Waals surface area contributed by atoms with Crippen molar-refractivity contribution in [1.29, 1.82) is 0 Å². The summed E-state index contributed by atoms with van der Waals surface area (Å²) in [5.41, 5.74) is 0.360. The molecule has 0 aliphatic rings. The number of hydrogen-bond donors (Lipinski definition) is 1. The average Bonchev–Trinajstić information content (AvgIpc) is 3.69. The van der Waals surface area contributed by atoms with Crippen LogP contribution in [0.4, 0.5) is 19.3 Å². The van der Waals surface area contributed by atoms with Crippen LogP contribution in [-0.2, 0) is 11.3 Å². The lowest BCUT2D eigenvalue weighted by molar-refractivity contribution is 0.0514. The number of nitrogens with zero attached hydrogens (tertiary/aromatic N) is 5. The molecule has 11 nitrogen and oxygen atoms in total. The van der Waals surface area contributed by atoms with E-state index in [0.29, 0.717) is 17.7 Å². The summed E-state index contributed by atoms with van der Waals surface area (Å²) >= 11 is 6.22. The molecule has 1 N–H and O–H groups in total.